The largest absolute Gasteiger partial charge is 0.364 e. The van der Waals surface area contributed by atoms with Crippen LogP contribution in [-0.4, -0.2) is 23.8 Å². The third-order valence-electron chi connectivity index (χ3n) is 4.17. The molecule has 4 atom stereocenters. The average Bonchev–Trinajstić information content (AvgIpc) is 2.97. The fourth-order valence-corrected chi connectivity index (χ4v) is 3.39. The third kappa shape index (κ3) is 0.894. The lowest BCUT2D eigenvalue weighted by molar-refractivity contribution is -0.141. The Morgan fingerprint density at radius 1 is 1.00 bits per heavy atom. The molecule has 1 aromatic carbocycles. The van der Waals surface area contributed by atoms with Gasteiger partial charge in [0.05, 0.1) is 24.0 Å². The number of amides is 2. The quantitative estimate of drug-likeness (QED) is 0.624. The maximum Gasteiger partial charge on any atom is 0.235 e. The summed E-state index contributed by atoms with van der Waals surface area (Å²) in [6, 6.07) is 7.88. The van der Waals surface area contributed by atoms with E-state index in [9.17, 15) is 9.59 Å². The van der Waals surface area contributed by atoms with Crippen LogP contribution < -0.4 is 0 Å². The SMILES string of the molecule is CN1C(=O)C2C3OC(c4ccccc43)C2C1=O. The number of hydrogen-bond acceptors (Lipinski definition) is 3. The molecule has 2 fully saturated rings. The first kappa shape index (κ1) is 9.36. The number of ether oxygens (including phenoxy) is 1. The highest BCUT2D eigenvalue weighted by Gasteiger charge is 2.63. The van der Waals surface area contributed by atoms with E-state index in [0.29, 0.717) is 0 Å². The summed E-state index contributed by atoms with van der Waals surface area (Å²) in [7, 11) is 1.56. The van der Waals surface area contributed by atoms with Crippen molar-refractivity contribution in [1.29, 1.82) is 0 Å². The molecule has 1 aromatic rings. The van der Waals surface area contributed by atoms with Gasteiger partial charge in [0.15, 0.2) is 0 Å². The van der Waals surface area contributed by atoms with Crippen molar-refractivity contribution in [3.63, 3.8) is 0 Å². The summed E-state index contributed by atoms with van der Waals surface area (Å²) in [5, 5.41) is 0. The van der Waals surface area contributed by atoms with E-state index in [1.165, 1.54) is 4.90 Å². The molecule has 0 radical (unpaired) electrons. The molecule has 3 aliphatic heterocycles. The number of hydrogen-bond donors (Lipinski definition) is 0. The minimum atomic E-state index is -0.299. The standard InChI is InChI=1S/C13H11NO3/c1-14-12(15)8-9(13(14)16)11-7-5-3-2-4-6(7)10(8)17-11/h2-5,8-11H,1H3. The number of benzene rings is 1. The minimum absolute atomic E-state index is 0.0954. The minimum Gasteiger partial charge on any atom is -0.364 e. The molecule has 4 rings (SSSR count). The molecule has 2 bridgehead atoms. The topological polar surface area (TPSA) is 46.6 Å². The van der Waals surface area contributed by atoms with E-state index < -0.39 is 0 Å². The summed E-state index contributed by atoms with van der Waals surface area (Å²) in [4.78, 5) is 25.3. The van der Waals surface area contributed by atoms with Gasteiger partial charge in [-0.2, -0.15) is 0 Å². The van der Waals surface area contributed by atoms with Crippen molar-refractivity contribution >= 4 is 11.8 Å². The van der Waals surface area contributed by atoms with Gasteiger partial charge in [0.2, 0.25) is 11.8 Å². The van der Waals surface area contributed by atoms with Gasteiger partial charge in [-0.15, -0.1) is 0 Å². The highest BCUT2D eigenvalue weighted by atomic mass is 16.5. The number of fused-ring (bicyclic) bond motifs is 8. The first-order valence-electron chi connectivity index (χ1n) is 5.76. The maximum atomic E-state index is 12.0. The lowest BCUT2D eigenvalue weighted by Gasteiger charge is -2.19. The van der Waals surface area contributed by atoms with Crippen LogP contribution in [-0.2, 0) is 14.3 Å². The molecule has 2 amide bonds. The molecule has 2 saturated heterocycles. The fraction of sp³-hybridized carbons (Fsp3) is 0.385. The van der Waals surface area contributed by atoms with Crippen LogP contribution in [0.2, 0.25) is 0 Å². The fourth-order valence-electron chi connectivity index (χ4n) is 3.39. The molecule has 0 aliphatic carbocycles. The number of carbonyl (C=O) groups is 2. The second-order valence-corrected chi connectivity index (χ2v) is 4.89. The molecule has 17 heavy (non-hydrogen) atoms. The Morgan fingerprint density at radius 2 is 1.47 bits per heavy atom. The Labute approximate surface area is 98.2 Å². The monoisotopic (exact) mass is 229 g/mol. The zero-order chi connectivity index (χ0) is 11.7. The summed E-state index contributed by atoms with van der Waals surface area (Å²) >= 11 is 0. The Morgan fingerprint density at radius 3 is 1.94 bits per heavy atom. The molecule has 0 aromatic heterocycles. The molecule has 4 heteroatoms. The molecule has 0 saturated carbocycles. The molecule has 4 nitrogen and oxygen atoms in total. The van der Waals surface area contributed by atoms with E-state index >= 15 is 0 Å². The van der Waals surface area contributed by atoms with E-state index in [1.807, 2.05) is 24.3 Å². The van der Waals surface area contributed by atoms with Crippen molar-refractivity contribution in [2.45, 2.75) is 12.2 Å². The van der Waals surface area contributed by atoms with Gasteiger partial charge in [-0.1, -0.05) is 24.3 Å². The van der Waals surface area contributed by atoms with Crippen LogP contribution in [0.3, 0.4) is 0 Å². The van der Waals surface area contributed by atoms with Gasteiger partial charge in [-0.05, 0) is 11.1 Å². The first-order valence-corrected chi connectivity index (χ1v) is 5.76. The number of carbonyl (C=O) groups excluding carboxylic acids is 2. The van der Waals surface area contributed by atoms with E-state index in [0.717, 1.165) is 11.1 Å². The van der Waals surface area contributed by atoms with Crippen LogP contribution in [0.5, 0.6) is 0 Å². The molecule has 86 valence electrons. The Balaban J connectivity index is 1.90. The number of nitrogens with zero attached hydrogens (tertiary/aromatic N) is 1. The van der Waals surface area contributed by atoms with Gasteiger partial charge in [-0.3, -0.25) is 14.5 Å². The number of likely N-dealkylation sites (tertiary alicyclic amines) is 1. The van der Waals surface area contributed by atoms with Crippen LogP contribution in [0, 0.1) is 11.8 Å². The summed E-state index contributed by atoms with van der Waals surface area (Å²) < 4.78 is 5.83. The molecule has 3 heterocycles. The van der Waals surface area contributed by atoms with E-state index in [4.69, 9.17) is 4.74 Å². The summed E-state index contributed by atoms with van der Waals surface area (Å²) in [5.41, 5.74) is 2.16. The van der Waals surface area contributed by atoms with Gasteiger partial charge in [0.1, 0.15) is 0 Å². The highest BCUT2D eigenvalue weighted by Crippen LogP contribution is 2.59. The maximum absolute atomic E-state index is 12.0. The zero-order valence-electron chi connectivity index (χ0n) is 9.29. The predicted molar refractivity (Wildman–Crippen MR) is 57.8 cm³/mol. The molecular formula is C13H11NO3. The van der Waals surface area contributed by atoms with Crippen LogP contribution in [0.15, 0.2) is 24.3 Å². The smallest absolute Gasteiger partial charge is 0.235 e. The summed E-state index contributed by atoms with van der Waals surface area (Å²) in [6.07, 6.45) is -0.440. The summed E-state index contributed by atoms with van der Waals surface area (Å²) in [6.45, 7) is 0. The first-order chi connectivity index (χ1) is 8.20. The van der Waals surface area contributed by atoms with Crippen molar-refractivity contribution in [3.8, 4) is 0 Å². The zero-order valence-corrected chi connectivity index (χ0v) is 9.29. The van der Waals surface area contributed by atoms with Crippen LogP contribution in [0.1, 0.15) is 23.3 Å². The second kappa shape index (κ2) is 2.76. The van der Waals surface area contributed by atoms with Gasteiger partial charge in [0, 0.05) is 7.05 Å². The summed E-state index contributed by atoms with van der Waals surface area (Å²) in [5.74, 6) is -0.788. The number of rotatable bonds is 0. The number of imide groups is 1. The predicted octanol–water partition coefficient (Wildman–Crippen LogP) is 1.04. The highest BCUT2D eigenvalue weighted by molar-refractivity contribution is 6.06. The Hall–Kier alpha value is -1.68. The Bertz CT molecular complexity index is 506. The van der Waals surface area contributed by atoms with Gasteiger partial charge in [0.25, 0.3) is 0 Å². The van der Waals surface area contributed by atoms with Crippen molar-refractivity contribution in [2.24, 2.45) is 11.8 Å². The lowest BCUT2D eigenvalue weighted by Crippen LogP contribution is -2.28. The van der Waals surface area contributed by atoms with Crippen molar-refractivity contribution in [1.82, 2.24) is 4.90 Å². The van der Waals surface area contributed by atoms with Crippen LogP contribution >= 0.6 is 0 Å². The normalized spacial score (nSPS) is 37.6. The third-order valence-corrected chi connectivity index (χ3v) is 4.17. The van der Waals surface area contributed by atoms with Crippen molar-refractivity contribution < 1.29 is 14.3 Å². The van der Waals surface area contributed by atoms with Gasteiger partial charge in [-0.25, -0.2) is 0 Å². The second-order valence-electron chi connectivity index (χ2n) is 4.89. The molecule has 3 aliphatic rings. The van der Waals surface area contributed by atoms with E-state index in [-0.39, 0.29) is 35.9 Å². The molecular weight excluding hydrogens is 218 g/mol. The van der Waals surface area contributed by atoms with E-state index in [1.54, 1.807) is 7.05 Å². The van der Waals surface area contributed by atoms with Crippen molar-refractivity contribution in [3.05, 3.63) is 35.4 Å². The van der Waals surface area contributed by atoms with Crippen LogP contribution in [0.25, 0.3) is 0 Å². The van der Waals surface area contributed by atoms with Crippen molar-refractivity contribution in [2.75, 3.05) is 7.05 Å². The average molecular weight is 229 g/mol. The van der Waals surface area contributed by atoms with Crippen LogP contribution in [0.4, 0.5) is 0 Å². The van der Waals surface area contributed by atoms with Gasteiger partial charge >= 0.3 is 0 Å². The van der Waals surface area contributed by atoms with Gasteiger partial charge < -0.3 is 4.74 Å². The Kier molecular flexibility index (Phi) is 1.52. The molecule has 0 spiro atoms. The molecule has 4 unspecified atom stereocenters. The van der Waals surface area contributed by atoms with E-state index in [2.05, 4.69) is 0 Å². The molecule has 0 N–H and O–H groups in total. The lowest BCUT2D eigenvalue weighted by atomic mass is 9.77.